The number of nitrogens with one attached hydrogen (secondary N) is 1. The van der Waals surface area contributed by atoms with Crippen LogP contribution in [-0.4, -0.2) is 26.8 Å². The van der Waals surface area contributed by atoms with E-state index >= 15 is 0 Å². The number of rotatable bonds is 5. The van der Waals surface area contributed by atoms with Gasteiger partial charge >= 0.3 is 11.9 Å². The summed E-state index contributed by atoms with van der Waals surface area (Å²) in [6.45, 7) is 2.14. The zero-order valence-corrected chi connectivity index (χ0v) is 15.8. The molecule has 1 heterocycles. The van der Waals surface area contributed by atoms with Crippen molar-refractivity contribution in [1.82, 2.24) is 19.7 Å². The van der Waals surface area contributed by atoms with E-state index in [1.807, 2.05) is 19.1 Å². The predicted molar refractivity (Wildman–Crippen MR) is 101 cm³/mol. The molecule has 152 valence electrons. The van der Waals surface area contributed by atoms with Crippen molar-refractivity contribution in [2.24, 2.45) is 7.05 Å². The van der Waals surface area contributed by atoms with E-state index in [2.05, 4.69) is 10.4 Å². The second kappa shape index (κ2) is 7.94. The monoisotopic (exact) mass is 404 g/mol. The Hall–Kier alpha value is -3.36. The average Bonchev–Trinajstić information content (AvgIpc) is 2.96. The molecular formula is C20H19F3N4O2. The third kappa shape index (κ3) is 4.56. The first-order valence-electron chi connectivity index (χ1n) is 8.83. The van der Waals surface area contributed by atoms with Gasteiger partial charge in [0.2, 0.25) is 0 Å². The molecule has 29 heavy (non-hydrogen) atoms. The van der Waals surface area contributed by atoms with Crippen molar-refractivity contribution in [3.8, 4) is 11.4 Å². The summed E-state index contributed by atoms with van der Waals surface area (Å²) in [5.74, 6) is -0.168. The molecule has 1 amide bonds. The third-order valence-corrected chi connectivity index (χ3v) is 4.41. The predicted octanol–water partition coefficient (Wildman–Crippen LogP) is 3.01. The second-order valence-corrected chi connectivity index (χ2v) is 6.59. The smallest absolute Gasteiger partial charge is 0.350 e. The van der Waals surface area contributed by atoms with Gasteiger partial charge in [0.1, 0.15) is 0 Å². The number of hydrogen-bond acceptors (Lipinski definition) is 3. The molecule has 0 bridgehead atoms. The largest absolute Gasteiger partial charge is 0.416 e. The van der Waals surface area contributed by atoms with E-state index in [1.54, 1.807) is 12.1 Å². The van der Waals surface area contributed by atoms with Gasteiger partial charge < -0.3 is 5.32 Å². The van der Waals surface area contributed by atoms with Gasteiger partial charge in [-0.15, -0.1) is 5.10 Å². The van der Waals surface area contributed by atoms with E-state index in [-0.39, 0.29) is 30.4 Å². The number of halogens is 3. The Labute approximate surface area is 164 Å². The van der Waals surface area contributed by atoms with Crippen molar-refractivity contribution in [3.05, 3.63) is 75.7 Å². The Morgan fingerprint density at radius 3 is 2.48 bits per heavy atom. The molecule has 9 heteroatoms. The molecule has 6 nitrogen and oxygen atoms in total. The number of amides is 1. The molecule has 0 spiro atoms. The topological polar surface area (TPSA) is 68.9 Å². The summed E-state index contributed by atoms with van der Waals surface area (Å²) in [7, 11) is 1.44. The van der Waals surface area contributed by atoms with Crippen molar-refractivity contribution in [2.75, 3.05) is 6.54 Å². The molecule has 0 unspecified atom stereocenters. The highest BCUT2D eigenvalue weighted by atomic mass is 19.4. The van der Waals surface area contributed by atoms with Gasteiger partial charge in [-0.2, -0.15) is 13.2 Å². The molecule has 0 aliphatic rings. The number of alkyl halides is 3. The van der Waals surface area contributed by atoms with Crippen molar-refractivity contribution in [1.29, 1.82) is 0 Å². The minimum atomic E-state index is -4.49. The van der Waals surface area contributed by atoms with Crippen LogP contribution in [0, 0.1) is 6.92 Å². The maximum absolute atomic E-state index is 12.9. The highest BCUT2D eigenvalue weighted by Gasteiger charge is 2.30. The van der Waals surface area contributed by atoms with E-state index in [0.717, 1.165) is 22.4 Å². The van der Waals surface area contributed by atoms with Crippen LogP contribution in [0.25, 0.3) is 11.4 Å². The van der Waals surface area contributed by atoms with Crippen molar-refractivity contribution in [2.45, 2.75) is 19.6 Å². The van der Waals surface area contributed by atoms with Crippen LogP contribution in [0.5, 0.6) is 0 Å². The summed E-state index contributed by atoms with van der Waals surface area (Å²) < 4.78 is 41.1. The van der Waals surface area contributed by atoms with Gasteiger partial charge in [-0.05, 0) is 31.2 Å². The first-order valence-corrected chi connectivity index (χ1v) is 8.83. The van der Waals surface area contributed by atoms with Crippen LogP contribution < -0.4 is 11.0 Å². The van der Waals surface area contributed by atoms with Gasteiger partial charge in [0.15, 0.2) is 5.82 Å². The lowest BCUT2D eigenvalue weighted by Crippen LogP contribution is -2.31. The van der Waals surface area contributed by atoms with Gasteiger partial charge in [-0.1, -0.05) is 29.8 Å². The fraction of sp³-hybridized carbons (Fsp3) is 0.250. The Morgan fingerprint density at radius 1 is 1.14 bits per heavy atom. The van der Waals surface area contributed by atoms with Gasteiger partial charge in [0, 0.05) is 24.7 Å². The number of aryl methyl sites for hydroxylation is 1. The second-order valence-electron chi connectivity index (χ2n) is 6.59. The van der Waals surface area contributed by atoms with Crippen LogP contribution >= 0.6 is 0 Å². The normalized spacial score (nSPS) is 11.5. The maximum atomic E-state index is 12.9. The quantitative estimate of drug-likeness (QED) is 0.711. The van der Waals surface area contributed by atoms with E-state index in [1.165, 1.54) is 23.7 Å². The van der Waals surface area contributed by atoms with E-state index < -0.39 is 17.4 Å². The van der Waals surface area contributed by atoms with Crippen LogP contribution in [0.1, 0.15) is 21.5 Å². The van der Waals surface area contributed by atoms with Gasteiger partial charge in [0.25, 0.3) is 5.91 Å². The van der Waals surface area contributed by atoms with E-state index in [0.29, 0.717) is 5.56 Å². The lowest BCUT2D eigenvalue weighted by Gasteiger charge is -2.08. The van der Waals surface area contributed by atoms with Crippen LogP contribution in [0.15, 0.2) is 53.3 Å². The number of nitrogens with zero attached hydrogens (tertiary/aromatic N) is 3. The van der Waals surface area contributed by atoms with E-state index in [4.69, 9.17) is 0 Å². The molecule has 0 saturated heterocycles. The fourth-order valence-corrected chi connectivity index (χ4v) is 2.80. The number of aromatic nitrogens is 3. The molecule has 1 aromatic heterocycles. The Balaban J connectivity index is 1.73. The lowest BCUT2D eigenvalue weighted by atomic mass is 10.1. The molecule has 2 aromatic carbocycles. The third-order valence-electron chi connectivity index (χ3n) is 4.41. The van der Waals surface area contributed by atoms with Crippen LogP contribution in [0.2, 0.25) is 0 Å². The number of benzene rings is 2. The van der Waals surface area contributed by atoms with Gasteiger partial charge in [0.05, 0.1) is 12.1 Å². The number of carbonyl (C=O) groups is 1. The minimum absolute atomic E-state index is 0.0865. The number of carbonyl (C=O) groups excluding carboxylic acids is 1. The molecule has 0 radical (unpaired) electrons. The van der Waals surface area contributed by atoms with E-state index in [9.17, 15) is 22.8 Å². The fourth-order valence-electron chi connectivity index (χ4n) is 2.80. The molecule has 1 N–H and O–H groups in total. The highest BCUT2D eigenvalue weighted by Crippen LogP contribution is 2.31. The standard InChI is InChI=1S/C20H19F3N4O2/c1-13-6-8-14(9-7-13)18(28)24-10-11-27-19(29)26(2)17(25-27)15-4-3-5-16(12-15)20(21,22)23/h3-9,12H,10-11H2,1-2H3,(H,24,28). The Kier molecular flexibility index (Phi) is 5.58. The number of hydrogen-bond donors (Lipinski definition) is 1. The highest BCUT2D eigenvalue weighted by molar-refractivity contribution is 5.94. The summed E-state index contributed by atoms with van der Waals surface area (Å²) in [6, 6.07) is 11.7. The van der Waals surface area contributed by atoms with Crippen LogP contribution in [-0.2, 0) is 19.8 Å². The van der Waals surface area contributed by atoms with Crippen molar-refractivity contribution in [3.63, 3.8) is 0 Å². The molecule has 0 fully saturated rings. The maximum Gasteiger partial charge on any atom is 0.416 e. The summed E-state index contributed by atoms with van der Waals surface area (Å²) in [5.41, 5.74) is 0.406. The SMILES string of the molecule is Cc1ccc(C(=O)NCCn2nc(-c3cccc(C(F)(F)F)c3)n(C)c2=O)cc1. The van der Waals surface area contributed by atoms with Gasteiger partial charge in [-0.3, -0.25) is 9.36 Å². The average molecular weight is 404 g/mol. The zero-order chi connectivity index (χ0) is 21.2. The molecular weight excluding hydrogens is 385 g/mol. The molecule has 0 atom stereocenters. The Morgan fingerprint density at radius 2 is 1.83 bits per heavy atom. The molecule has 0 aliphatic carbocycles. The lowest BCUT2D eigenvalue weighted by molar-refractivity contribution is -0.137. The van der Waals surface area contributed by atoms with Gasteiger partial charge in [-0.25, -0.2) is 9.48 Å². The van der Waals surface area contributed by atoms with Crippen LogP contribution in [0.3, 0.4) is 0 Å². The molecule has 3 aromatic rings. The minimum Gasteiger partial charge on any atom is -0.350 e. The first-order chi connectivity index (χ1) is 13.7. The van der Waals surface area contributed by atoms with Crippen molar-refractivity contribution < 1.29 is 18.0 Å². The van der Waals surface area contributed by atoms with Crippen molar-refractivity contribution >= 4 is 5.91 Å². The Bertz CT molecular complexity index is 1080. The van der Waals surface area contributed by atoms with Crippen LogP contribution in [0.4, 0.5) is 13.2 Å². The first kappa shape index (κ1) is 20.4. The summed E-state index contributed by atoms with van der Waals surface area (Å²) in [5, 5.41) is 6.83. The summed E-state index contributed by atoms with van der Waals surface area (Å²) in [4.78, 5) is 24.5. The summed E-state index contributed by atoms with van der Waals surface area (Å²) >= 11 is 0. The zero-order valence-electron chi connectivity index (χ0n) is 15.8. The molecule has 0 aliphatic heterocycles. The summed E-state index contributed by atoms with van der Waals surface area (Å²) in [6.07, 6.45) is -4.49. The molecule has 0 saturated carbocycles. The molecule has 3 rings (SSSR count).